The lowest BCUT2D eigenvalue weighted by Gasteiger charge is -2.08. The number of nitrogens with one attached hydrogen (secondary N) is 1. The molecule has 0 aliphatic rings. The van der Waals surface area contributed by atoms with Gasteiger partial charge in [0, 0.05) is 24.4 Å². The highest BCUT2D eigenvalue weighted by Crippen LogP contribution is 2.30. The third-order valence-corrected chi connectivity index (χ3v) is 3.39. The Morgan fingerprint density at radius 3 is 2.78 bits per heavy atom. The first-order valence-corrected chi connectivity index (χ1v) is 6.86. The lowest BCUT2D eigenvalue weighted by Crippen LogP contribution is -2.21. The second-order valence-electron chi connectivity index (χ2n) is 5.11. The maximum absolute atomic E-state index is 13.5. The minimum Gasteiger partial charge on any atom is -0.351 e. The van der Waals surface area contributed by atoms with E-state index in [-0.39, 0.29) is 0 Å². The van der Waals surface area contributed by atoms with E-state index in [0.29, 0.717) is 22.8 Å². The van der Waals surface area contributed by atoms with Crippen molar-refractivity contribution in [2.45, 2.75) is 6.92 Å². The van der Waals surface area contributed by atoms with Crippen LogP contribution in [-0.4, -0.2) is 25.6 Å². The molecular weight excluding hydrogens is 299 g/mol. The summed E-state index contributed by atoms with van der Waals surface area (Å²) in [6.45, 7) is 1.80. The van der Waals surface area contributed by atoms with Gasteiger partial charge in [0.1, 0.15) is 17.3 Å². The number of urea groups is 1. The molecule has 3 rings (SSSR count). The van der Waals surface area contributed by atoms with E-state index in [9.17, 15) is 9.18 Å². The summed E-state index contributed by atoms with van der Waals surface area (Å²) in [4.78, 5) is 11.3. The van der Waals surface area contributed by atoms with Crippen molar-refractivity contribution in [2.75, 3.05) is 5.32 Å². The van der Waals surface area contributed by atoms with Crippen LogP contribution in [0.2, 0.25) is 0 Å². The predicted molar refractivity (Wildman–Crippen MR) is 83.7 cm³/mol. The van der Waals surface area contributed by atoms with Crippen LogP contribution < -0.4 is 11.1 Å². The topological polar surface area (TPSA) is 90.8 Å². The van der Waals surface area contributed by atoms with Crippen LogP contribution in [0.3, 0.4) is 0 Å². The molecule has 2 aromatic heterocycles. The molecule has 0 fully saturated rings. The summed E-state index contributed by atoms with van der Waals surface area (Å²) in [5, 5.41) is 11.1. The number of primary amides is 1. The van der Waals surface area contributed by atoms with Crippen LogP contribution in [0.25, 0.3) is 16.9 Å². The smallest absolute Gasteiger partial charge is 0.317 e. The zero-order valence-corrected chi connectivity index (χ0v) is 12.6. The molecule has 0 spiro atoms. The van der Waals surface area contributed by atoms with Gasteiger partial charge in [-0.05, 0) is 25.1 Å². The summed E-state index contributed by atoms with van der Waals surface area (Å²) in [5.74, 6) is -0.00874. The fourth-order valence-corrected chi connectivity index (χ4v) is 2.37. The third kappa shape index (κ3) is 2.78. The maximum atomic E-state index is 13.5. The number of anilines is 1. The number of carbonyl (C=O) groups is 1. The zero-order chi connectivity index (χ0) is 16.6. The van der Waals surface area contributed by atoms with E-state index in [0.717, 1.165) is 5.56 Å². The van der Waals surface area contributed by atoms with E-state index in [1.165, 1.54) is 16.8 Å². The Labute approximate surface area is 131 Å². The van der Waals surface area contributed by atoms with Crippen LogP contribution in [0.5, 0.6) is 0 Å². The third-order valence-electron chi connectivity index (χ3n) is 3.39. The normalized spacial score (nSPS) is 10.7. The van der Waals surface area contributed by atoms with Gasteiger partial charge in [-0.2, -0.15) is 10.2 Å². The number of benzene rings is 1. The highest BCUT2D eigenvalue weighted by atomic mass is 19.1. The summed E-state index contributed by atoms with van der Waals surface area (Å²) in [6.07, 6.45) is 3.47. The Morgan fingerprint density at radius 1 is 1.39 bits per heavy atom. The van der Waals surface area contributed by atoms with Crippen LogP contribution in [0.4, 0.5) is 15.0 Å². The second kappa shape index (κ2) is 5.56. The summed E-state index contributed by atoms with van der Waals surface area (Å²) in [7, 11) is 1.80. The van der Waals surface area contributed by atoms with Crippen molar-refractivity contribution in [3.63, 3.8) is 0 Å². The molecule has 0 bridgehead atoms. The Hall–Kier alpha value is -3.16. The lowest BCUT2D eigenvalue weighted by atomic mass is 10.1. The van der Waals surface area contributed by atoms with E-state index in [1.54, 1.807) is 43.2 Å². The molecule has 2 amide bonds. The number of amides is 2. The quantitative estimate of drug-likeness (QED) is 0.776. The predicted octanol–water partition coefficient (Wildman–Crippen LogP) is 2.21. The molecule has 0 radical (unpaired) electrons. The molecule has 0 saturated carbocycles. The number of hydrogen-bond acceptors (Lipinski definition) is 3. The summed E-state index contributed by atoms with van der Waals surface area (Å²) in [6, 6.07) is 5.20. The zero-order valence-electron chi connectivity index (χ0n) is 12.6. The highest BCUT2D eigenvalue weighted by molar-refractivity contribution is 5.89. The van der Waals surface area contributed by atoms with Crippen molar-refractivity contribution in [2.24, 2.45) is 12.8 Å². The van der Waals surface area contributed by atoms with Gasteiger partial charge < -0.3 is 5.73 Å². The van der Waals surface area contributed by atoms with Gasteiger partial charge in [0.15, 0.2) is 0 Å². The molecule has 0 atom stereocenters. The number of carbonyl (C=O) groups excluding carboxylic acids is 1. The molecule has 1 aromatic carbocycles. The fourth-order valence-electron chi connectivity index (χ4n) is 2.37. The van der Waals surface area contributed by atoms with Gasteiger partial charge in [-0.3, -0.25) is 10.00 Å². The molecule has 0 saturated heterocycles. The van der Waals surface area contributed by atoms with Crippen molar-refractivity contribution >= 4 is 11.8 Å². The van der Waals surface area contributed by atoms with Crippen LogP contribution in [0, 0.1) is 12.7 Å². The average Bonchev–Trinajstić information content (AvgIpc) is 3.04. The van der Waals surface area contributed by atoms with Crippen molar-refractivity contribution in [1.82, 2.24) is 19.6 Å². The average molecular weight is 314 g/mol. The molecule has 3 N–H and O–H groups in total. The van der Waals surface area contributed by atoms with E-state index in [2.05, 4.69) is 15.5 Å². The molecule has 0 aliphatic heterocycles. The van der Waals surface area contributed by atoms with Gasteiger partial charge in [0.2, 0.25) is 0 Å². The monoisotopic (exact) mass is 314 g/mol. The minimum absolute atomic E-state index is 0.391. The molecule has 0 aliphatic carbocycles. The number of hydrogen-bond donors (Lipinski definition) is 2. The van der Waals surface area contributed by atoms with Crippen LogP contribution >= 0.6 is 0 Å². The van der Waals surface area contributed by atoms with Gasteiger partial charge in [0.05, 0.1) is 11.9 Å². The molecule has 3 aromatic rings. The van der Waals surface area contributed by atoms with Crippen LogP contribution in [0.1, 0.15) is 5.56 Å². The van der Waals surface area contributed by atoms with E-state index >= 15 is 0 Å². The largest absolute Gasteiger partial charge is 0.351 e. The molecule has 23 heavy (non-hydrogen) atoms. The van der Waals surface area contributed by atoms with Gasteiger partial charge in [-0.15, -0.1) is 0 Å². The standard InChI is InChI=1S/C15H15FN6O/c1-9-13(10-7-18-21(2)8-10)20-22(14(9)19-15(17)23)12-5-3-4-11(16)6-12/h3-8H,1-2H3,(H3,17,19,23). The number of nitrogens with zero attached hydrogens (tertiary/aromatic N) is 4. The Balaban J connectivity index is 2.19. The number of aryl methyl sites for hydroxylation is 1. The van der Waals surface area contributed by atoms with Gasteiger partial charge in [0.25, 0.3) is 0 Å². The van der Waals surface area contributed by atoms with Gasteiger partial charge in [-0.1, -0.05) is 6.07 Å². The molecule has 118 valence electrons. The number of rotatable bonds is 3. The Bertz CT molecular complexity index is 882. The van der Waals surface area contributed by atoms with Crippen molar-refractivity contribution in [1.29, 1.82) is 0 Å². The summed E-state index contributed by atoms with van der Waals surface area (Å²) < 4.78 is 16.6. The first kappa shape index (κ1) is 14.8. The fraction of sp³-hybridized carbons (Fsp3) is 0.133. The van der Waals surface area contributed by atoms with E-state index < -0.39 is 11.8 Å². The van der Waals surface area contributed by atoms with Crippen molar-refractivity contribution in [3.05, 3.63) is 48.0 Å². The second-order valence-corrected chi connectivity index (χ2v) is 5.11. The van der Waals surface area contributed by atoms with E-state index in [4.69, 9.17) is 5.73 Å². The molecular formula is C15H15FN6O. The molecule has 7 nitrogen and oxygen atoms in total. The lowest BCUT2D eigenvalue weighted by molar-refractivity contribution is 0.259. The molecule has 2 heterocycles. The number of nitrogens with two attached hydrogens (primary N) is 1. The number of halogens is 1. The van der Waals surface area contributed by atoms with Gasteiger partial charge in [-0.25, -0.2) is 13.9 Å². The Morgan fingerprint density at radius 2 is 2.17 bits per heavy atom. The van der Waals surface area contributed by atoms with Crippen molar-refractivity contribution < 1.29 is 9.18 Å². The van der Waals surface area contributed by atoms with Crippen LogP contribution in [0.15, 0.2) is 36.7 Å². The highest BCUT2D eigenvalue weighted by Gasteiger charge is 2.19. The Kier molecular flexibility index (Phi) is 3.57. The first-order valence-electron chi connectivity index (χ1n) is 6.86. The van der Waals surface area contributed by atoms with E-state index in [1.807, 2.05) is 0 Å². The number of aromatic nitrogens is 4. The molecule has 0 unspecified atom stereocenters. The molecule has 8 heteroatoms. The minimum atomic E-state index is -0.719. The van der Waals surface area contributed by atoms with Gasteiger partial charge >= 0.3 is 6.03 Å². The first-order chi connectivity index (χ1) is 11.0. The SMILES string of the molecule is Cc1c(-c2cnn(C)c2)nn(-c2cccc(F)c2)c1NC(N)=O. The van der Waals surface area contributed by atoms with Crippen LogP contribution in [-0.2, 0) is 7.05 Å². The summed E-state index contributed by atoms with van der Waals surface area (Å²) >= 11 is 0. The summed E-state index contributed by atoms with van der Waals surface area (Å²) in [5.41, 5.74) is 7.84. The van der Waals surface area contributed by atoms with Crippen molar-refractivity contribution in [3.8, 4) is 16.9 Å². The maximum Gasteiger partial charge on any atom is 0.317 e.